The van der Waals surface area contributed by atoms with Crippen molar-refractivity contribution in [2.24, 2.45) is 17.3 Å². The molecule has 0 heterocycles. The van der Waals surface area contributed by atoms with Crippen LogP contribution in [0.15, 0.2) is 0 Å². The van der Waals surface area contributed by atoms with Gasteiger partial charge in [-0.2, -0.15) is 0 Å². The van der Waals surface area contributed by atoms with Crippen LogP contribution in [0, 0.1) is 17.3 Å². The molecular weight excluding hydrogens is 144 g/mol. The van der Waals surface area contributed by atoms with E-state index in [9.17, 15) is 0 Å². The summed E-state index contributed by atoms with van der Waals surface area (Å²) in [6.07, 6.45) is 14.1. The predicted molar refractivity (Wildman–Crippen MR) is 51.0 cm³/mol. The zero-order valence-electron chi connectivity index (χ0n) is 8.02. The van der Waals surface area contributed by atoms with Crippen molar-refractivity contribution >= 4 is 0 Å². The molecule has 3 aliphatic rings. The van der Waals surface area contributed by atoms with Crippen LogP contribution in [0.25, 0.3) is 0 Å². The van der Waals surface area contributed by atoms with Crippen LogP contribution in [0.5, 0.6) is 0 Å². The molecule has 0 atom stereocenters. The highest BCUT2D eigenvalue weighted by Crippen LogP contribution is 2.80. The van der Waals surface area contributed by atoms with Crippen molar-refractivity contribution in [2.45, 2.75) is 57.8 Å². The van der Waals surface area contributed by atoms with Gasteiger partial charge in [-0.1, -0.05) is 32.1 Å². The molecule has 0 spiro atoms. The summed E-state index contributed by atoms with van der Waals surface area (Å²) in [5.74, 6) is 2.39. The van der Waals surface area contributed by atoms with Crippen molar-refractivity contribution in [1.29, 1.82) is 0 Å². The van der Waals surface area contributed by atoms with Gasteiger partial charge in [0.05, 0.1) is 0 Å². The van der Waals surface area contributed by atoms with Gasteiger partial charge in [0.2, 0.25) is 0 Å². The van der Waals surface area contributed by atoms with Gasteiger partial charge in [-0.3, -0.25) is 0 Å². The van der Waals surface area contributed by atoms with Crippen LogP contribution >= 0.6 is 0 Å². The molecule has 0 aliphatic heterocycles. The summed E-state index contributed by atoms with van der Waals surface area (Å²) < 4.78 is 0. The Hall–Kier alpha value is 0. The van der Waals surface area contributed by atoms with Crippen LogP contribution in [0.1, 0.15) is 57.8 Å². The zero-order chi connectivity index (χ0) is 8.02. The molecule has 3 saturated carbocycles. The van der Waals surface area contributed by atoms with Crippen LogP contribution < -0.4 is 0 Å². The van der Waals surface area contributed by atoms with Crippen molar-refractivity contribution in [3.63, 3.8) is 0 Å². The standard InChI is InChI=1S/C12H20/c1-2-4-6-10(7-5-3-1)12-8-11(12)9-12/h10-11H,1-9H2. The van der Waals surface area contributed by atoms with Crippen LogP contribution in [0.2, 0.25) is 0 Å². The summed E-state index contributed by atoms with van der Waals surface area (Å²) in [5, 5.41) is 0. The molecule has 0 saturated heterocycles. The Morgan fingerprint density at radius 3 is 1.67 bits per heavy atom. The molecule has 0 radical (unpaired) electrons. The molecule has 0 heteroatoms. The third kappa shape index (κ3) is 1.03. The molecule has 3 aliphatic carbocycles. The van der Waals surface area contributed by atoms with Gasteiger partial charge >= 0.3 is 0 Å². The molecule has 0 nitrogen and oxygen atoms in total. The van der Waals surface area contributed by atoms with Crippen molar-refractivity contribution in [3.05, 3.63) is 0 Å². The highest BCUT2D eigenvalue weighted by atomic mass is 14.8. The van der Waals surface area contributed by atoms with Gasteiger partial charge in [0.1, 0.15) is 0 Å². The molecule has 0 amide bonds. The topological polar surface area (TPSA) is 0 Å². The fourth-order valence-corrected chi connectivity index (χ4v) is 3.44. The summed E-state index contributed by atoms with van der Waals surface area (Å²) >= 11 is 0. The lowest BCUT2D eigenvalue weighted by molar-refractivity contribution is 0.296. The van der Waals surface area contributed by atoms with Gasteiger partial charge in [0.25, 0.3) is 0 Å². The number of hydrogen-bond donors (Lipinski definition) is 0. The second kappa shape index (κ2) is 2.49. The molecule has 0 bridgehead atoms. The van der Waals surface area contributed by atoms with Gasteiger partial charge in [-0.05, 0) is 42.9 Å². The third-order valence-corrected chi connectivity index (χ3v) is 4.66. The quantitative estimate of drug-likeness (QED) is 0.553. The molecule has 0 unspecified atom stereocenters. The molecule has 0 aromatic carbocycles. The van der Waals surface area contributed by atoms with Crippen LogP contribution in [0.4, 0.5) is 0 Å². The van der Waals surface area contributed by atoms with E-state index in [0.29, 0.717) is 0 Å². The maximum atomic E-state index is 1.62. The van der Waals surface area contributed by atoms with E-state index >= 15 is 0 Å². The third-order valence-electron chi connectivity index (χ3n) is 4.66. The van der Waals surface area contributed by atoms with Crippen molar-refractivity contribution in [2.75, 3.05) is 0 Å². The maximum Gasteiger partial charge on any atom is -0.0235 e. The summed E-state index contributed by atoms with van der Waals surface area (Å²) in [4.78, 5) is 0. The average Bonchev–Trinajstić information content (AvgIpc) is 2.71. The Labute approximate surface area is 75.7 Å². The van der Waals surface area contributed by atoms with Gasteiger partial charge in [-0.25, -0.2) is 0 Å². The summed E-state index contributed by atoms with van der Waals surface area (Å²) in [6.45, 7) is 0. The molecule has 68 valence electrons. The highest BCUT2D eigenvalue weighted by Gasteiger charge is 2.71. The first kappa shape index (κ1) is 7.41. The van der Waals surface area contributed by atoms with Gasteiger partial charge in [-0.15, -0.1) is 0 Å². The monoisotopic (exact) mass is 164 g/mol. The first-order chi connectivity index (χ1) is 5.92. The zero-order valence-corrected chi connectivity index (χ0v) is 8.02. The maximum absolute atomic E-state index is 1.62. The average molecular weight is 164 g/mol. The Kier molecular flexibility index (Phi) is 1.54. The number of rotatable bonds is 1. The smallest absolute Gasteiger partial charge is 0.0235 e. The minimum absolute atomic E-state index is 0.970. The first-order valence-corrected chi connectivity index (χ1v) is 5.92. The van der Waals surface area contributed by atoms with Crippen LogP contribution in [-0.2, 0) is 0 Å². The first-order valence-electron chi connectivity index (χ1n) is 5.92. The Morgan fingerprint density at radius 1 is 0.667 bits per heavy atom. The number of fused-ring (bicyclic) bond motifs is 1. The van der Waals surface area contributed by atoms with Crippen molar-refractivity contribution in [1.82, 2.24) is 0 Å². The fourth-order valence-electron chi connectivity index (χ4n) is 3.44. The van der Waals surface area contributed by atoms with E-state index in [1.165, 1.54) is 31.1 Å². The van der Waals surface area contributed by atoms with E-state index in [4.69, 9.17) is 0 Å². The van der Waals surface area contributed by atoms with Gasteiger partial charge < -0.3 is 0 Å². The van der Waals surface area contributed by atoms with Crippen molar-refractivity contribution in [3.8, 4) is 0 Å². The van der Waals surface area contributed by atoms with E-state index in [1.807, 2.05) is 0 Å². The van der Waals surface area contributed by atoms with E-state index in [1.54, 1.807) is 38.5 Å². The minimum Gasteiger partial charge on any atom is -0.0533 e. The SMILES string of the molecule is C1CCCC(C23CC2C3)CCC1. The minimum atomic E-state index is 0.970. The van der Waals surface area contributed by atoms with Crippen LogP contribution in [0.3, 0.4) is 0 Å². The normalized spacial score (nSPS) is 47.5. The second-order valence-electron chi connectivity index (χ2n) is 5.38. The molecule has 0 aromatic heterocycles. The molecule has 3 rings (SSSR count). The van der Waals surface area contributed by atoms with Gasteiger partial charge in [0.15, 0.2) is 0 Å². The lowest BCUT2D eigenvalue weighted by Gasteiger charge is -2.22. The molecule has 3 fully saturated rings. The Morgan fingerprint density at radius 2 is 1.17 bits per heavy atom. The van der Waals surface area contributed by atoms with Gasteiger partial charge in [0, 0.05) is 0 Å². The summed E-state index contributed by atoms with van der Waals surface area (Å²) in [7, 11) is 0. The Bertz CT molecular complexity index is 168. The Balaban J connectivity index is 1.60. The van der Waals surface area contributed by atoms with E-state index in [0.717, 1.165) is 5.41 Å². The fraction of sp³-hybridized carbons (Fsp3) is 1.00. The lowest BCUT2D eigenvalue weighted by atomic mass is 9.84. The lowest BCUT2D eigenvalue weighted by Crippen LogP contribution is -2.10. The second-order valence-corrected chi connectivity index (χ2v) is 5.38. The molecule has 0 aromatic rings. The van der Waals surface area contributed by atoms with E-state index in [2.05, 4.69) is 0 Å². The highest BCUT2D eigenvalue weighted by molar-refractivity contribution is 5.20. The summed E-state index contributed by atoms with van der Waals surface area (Å²) in [5.41, 5.74) is 0.970. The number of hydrogen-bond acceptors (Lipinski definition) is 0. The van der Waals surface area contributed by atoms with E-state index in [-0.39, 0.29) is 0 Å². The predicted octanol–water partition coefficient (Wildman–Crippen LogP) is 3.76. The largest absolute Gasteiger partial charge is 0.0533 e. The van der Waals surface area contributed by atoms with E-state index < -0.39 is 0 Å². The van der Waals surface area contributed by atoms with Crippen LogP contribution in [-0.4, -0.2) is 0 Å². The molecule has 12 heavy (non-hydrogen) atoms. The molecule has 0 N–H and O–H groups in total. The summed E-state index contributed by atoms with van der Waals surface area (Å²) in [6, 6.07) is 0. The van der Waals surface area contributed by atoms with Crippen molar-refractivity contribution < 1.29 is 0 Å². The molecular formula is C12H20.